The van der Waals surface area contributed by atoms with Gasteiger partial charge in [-0.2, -0.15) is 10.2 Å². The second kappa shape index (κ2) is 8.27. The quantitative estimate of drug-likeness (QED) is 0.626. The van der Waals surface area contributed by atoms with Crippen molar-refractivity contribution in [1.82, 2.24) is 15.1 Å². The predicted molar refractivity (Wildman–Crippen MR) is 124 cm³/mol. The van der Waals surface area contributed by atoms with Gasteiger partial charge in [0, 0.05) is 55.4 Å². The number of piperazine rings is 1. The number of fused-ring (bicyclic) bond motifs is 2. The number of likely N-dealkylation sites (N-methyl/N-ethyl adjacent to an activating group) is 1. The summed E-state index contributed by atoms with van der Waals surface area (Å²) in [6.45, 7) is 4.61. The summed E-state index contributed by atoms with van der Waals surface area (Å²) in [5, 5.41) is 9.20. The second-order valence-electron chi connectivity index (χ2n) is 8.25. The van der Waals surface area contributed by atoms with Crippen LogP contribution in [0.25, 0.3) is 10.9 Å². The first-order valence-corrected chi connectivity index (χ1v) is 10.9. The Balaban J connectivity index is 1.53. The van der Waals surface area contributed by atoms with Gasteiger partial charge < -0.3 is 24.2 Å². The number of methoxy groups -OCH3 is 2. The Bertz CT molecular complexity index is 1170. The number of aromatic nitrogens is 2. The lowest BCUT2D eigenvalue weighted by Gasteiger charge is -2.37. The van der Waals surface area contributed by atoms with Crippen molar-refractivity contribution in [2.45, 2.75) is 6.42 Å². The molecule has 1 amide bonds. The van der Waals surface area contributed by atoms with E-state index >= 15 is 0 Å². The average Bonchev–Trinajstić information content (AvgIpc) is 2.83. The van der Waals surface area contributed by atoms with Crippen LogP contribution < -0.4 is 19.3 Å². The molecule has 1 saturated heterocycles. The zero-order valence-electron chi connectivity index (χ0n) is 18.7. The summed E-state index contributed by atoms with van der Waals surface area (Å²) < 4.78 is 10.9. The largest absolute Gasteiger partial charge is 0.493 e. The zero-order valence-corrected chi connectivity index (χ0v) is 18.7. The number of benzene rings is 2. The van der Waals surface area contributed by atoms with Gasteiger partial charge in [0.05, 0.1) is 31.6 Å². The van der Waals surface area contributed by atoms with Gasteiger partial charge >= 0.3 is 0 Å². The van der Waals surface area contributed by atoms with Crippen molar-refractivity contribution in [3.63, 3.8) is 0 Å². The fraction of sp³-hybridized carbons (Fsp3) is 0.375. The highest BCUT2D eigenvalue weighted by molar-refractivity contribution is 6.12. The topological polar surface area (TPSA) is 71.0 Å². The van der Waals surface area contributed by atoms with E-state index in [1.165, 1.54) is 5.69 Å². The van der Waals surface area contributed by atoms with Crippen LogP contribution in [0.15, 0.2) is 36.5 Å². The van der Waals surface area contributed by atoms with Gasteiger partial charge in [0.2, 0.25) is 0 Å². The Hall–Kier alpha value is -3.39. The minimum atomic E-state index is -0.00804. The molecule has 1 fully saturated rings. The summed E-state index contributed by atoms with van der Waals surface area (Å²) in [5.74, 6) is 1.17. The number of carbonyl (C=O) groups excluding carboxylic acids is 1. The van der Waals surface area contributed by atoms with Gasteiger partial charge in [0.1, 0.15) is 0 Å². The molecule has 0 radical (unpaired) electrons. The van der Waals surface area contributed by atoms with Gasteiger partial charge in [-0.3, -0.25) is 4.79 Å². The number of amides is 1. The Morgan fingerprint density at radius 2 is 1.69 bits per heavy atom. The number of nitrogens with zero attached hydrogens (tertiary/aromatic N) is 5. The molecule has 8 heteroatoms. The van der Waals surface area contributed by atoms with Crippen molar-refractivity contribution in [2.24, 2.45) is 0 Å². The third-order valence-corrected chi connectivity index (χ3v) is 6.47. The highest BCUT2D eigenvalue weighted by Gasteiger charge is 2.30. The van der Waals surface area contributed by atoms with Gasteiger partial charge in [-0.25, -0.2) is 0 Å². The van der Waals surface area contributed by atoms with Crippen molar-refractivity contribution >= 4 is 28.2 Å². The summed E-state index contributed by atoms with van der Waals surface area (Å²) in [7, 11) is 5.33. The van der Waals surface area contributed by atoms with E-state index in [1.807, 2.05) is 18.2 Å². The molecule has 2 aliphatic heterocycles. The Kier molecular flexibility index (Phi) is 5.30. The summed E-state index contributed by atoms with van der Waals surface area (Å²) in [6, 6.07) is 9.72. The molecule has 166 valence electrons. The molecule has 0 unspecified atom stereocenters. The Labute approximate surface area is 187 Å². The third-order valence-electron chi connectivity index (χ3n) is 6.47. The second-order valence-corrected chi connectivity index (χ2v) is 8.25. The van der Waals surface area contributed by atoms with E-state index in [9.17, 15) is 4.79 Å². The number of anilines is 2. The Morgan fingerprint density at radius 3 is 2.44 bits per heavy atom. The van der Waals surface area contributed by atoms with E-state index in [-0.39, 0.29) is 5.91 Å². The lowest BCUT2D eigenvalue weighted by molar-refractivity contribution is 0.0981. The van der Waals surface area contributed by atoms with E-state index in [0.29, 0.717) is 23.6 Å². The lowest BCUT2D eigenvalue weighted by Crippen LogP contribution is -2.45. The molecule has 0 saturated carbocycles. The number of hydrogen-bond acceptors (Lipinski definition) is 7. The minimum absolute atomic E-state index is 0.00804. The smallest absolute Gasteiger partial charge is 0.258 e. The van der Waals surface area contributed by atoms with Crippen LogP contribution in [-0.4, -0.2) is 75.0 Å². The summed E-state index contributed by atoms with van der Waals surface area (Å²) in [4.78, 5) is 20.2. The molecule has 0 spiro atoms. The molecule has 0 N–H and O–H groups in total. The molecule has 2 aromatic carbocycles. The van der Waals surface area contributed by atoms with Crippen molar-refractivity contribution in [2.75, 3.05) is 63.8 Å². The van der Waals surface area contributed by atoms with Gasteiger partial charge in [-0.05, 0) is 37.2 Å². The maximum absolute atomic E-state index is 13.6. The first-order valence-electron chi connectivity index (χ1n) is 10.9. The van der Waals surface area contributed by atoms with Crippen LogP contribution >= 0.6 is 0 Å². The summed E-state index contributed by atoms with van der Waals surface area (Å²) in [6.07, 6.45) is 2.45. The van der Waals surface area contributed by atoms with Crippen LogP contribution in [-0.2, 0) is 6.42 Å². The summed E-state index contributed by atoms with van der Waals surface area (Å²) >= 11 is 0. The molecular formula is C24H27N5O3. The number of rotatable bonds is 4. The van der Waals surface area contributed by atoms with Crippen LogP contribution in [0, 0.1) is 0 Å². The molecule has 32 heavy (non-hydrogen) atoms. The average molecular weight is 434 g/mol. The molecule has 8 nitrogen and oxygen atoms in total. The maximum atomic E-state index is 13.6. The molecule has 3 heterocycles. The van der Waals surface area contributed by atoms with E-state index in [4.69, 9.17) is 9.47 Å². The van der Waals surface area contributed by atoms with E-state index in [2.05, 4.69) is 33.1 Å². The van der Waals surface area contributed by atoms with Crippen molar-refractivity contribution in [3.05, 3.63) is 47.7 Å². The third kappa shape index (κ3) is 3.40. The van der Waals surface area contributed by atoms with Crippen LogP contribution in [0.1, 0.15) is 15.9 Å². The lowest BCUT2D eigenvalue weighted by atomic mass is 9.95. The summed E-state index contributed by atoms with van der Waals surface area (Å²) in [5.41, 5.74) is 4.48. The molecule has 0 bridgehead atoms. The molecular weight excluding hydrogens is 406 g/mol. The van der Waals surface area contributed by atoms with Gasteiger partial charge in [-0.15, -0.1) is 0 Å². The SMILES string of the molecule is COc1cc2nncc(N3CCc4c(cccc4N4CCN(C)CC4)C3=O)c2cc1OC. The normalized spacial score (nSPS) is 16.9. The molecule has 1 aromatic heterocycles. The van der Waals surface area contributed by atoms with Crippen molar-refractivity contribution in [1.29, 1.82) is 0 Å². The fourth-order valence-corrected chi connectivity index (χ4v) is 4.67. The maximum Gasteiger partial charge on any atom is 0.258 e. The van der Waals surface area contributed by atoms with Gasteiger partial charge in [0.25, 0.3) is 5.91 Å². The minimum Gasteiger partial charge on any atom is -0.493 e. The van der Waals surface area contributed by atoms with Crippen LogP contribution in [0.3, 0.4) is 0 Å². The van der Waals surface area contributed by atoms with Crippen LogP contribution in [0.2, 0.25) is 0 Å². The molecule has 5 rings (SSSR count). The van der Waals surface area contributed by atoms with Crippen LogP contribution in [0.5, 0.6) is 11.5 Å². The number of ether oxygens (including phenoxy) is 2. The van der Waals surface area contributed by atoms with E-state index < -0.39 is 0 Å². The van der Waals surface area contributed by atoms with Crippen molar-refractivity contribution < 1.29 is 14.3 Å². The zero-order chi connectivity index (χ0) is 22.2. The number of hydrogen-bond donors (Lipinski definition) is 0. The van der Waals surface area contributed by atoms with Gasteiger partial charge in [0.15, 0.2) is 11.5 Å². The first kappa shape index (κ1) is 20.5. The molecule has 2 aliphatic rings. The monoisotopic (exact) mass is 433 g/mol. The van der Waals surface area contributed by atoms with Gasteiger partial charge in [-0.1, -0.05) is 6.07 Å². The molecule has 0 atom stereocenters. The van der Waals surface area contributed by atoms with E-state index in [1.54, 1.807) is 31.4 Å². The van der Waals surface area contributed by atoms with Crippen molar-refractivity contribution in [3.8, 4) is 11.5 Å². The predicted octanol–water partition coefficient (Wildman–Crippen LogP) is 2.60. The number of carbonyl (C=O) groups is 1. The Morgan fingerprint density at radius 1 is 0.938 bits per heavy atom. The first-order chi connectivity index (χ1) is 15.6. The molecule has 3 aromatic rings. The fourth-order valence-electron chi connectivity index (χ4n) is 4.67. The van der Waals surface area contributed by atoms with E-state index in [0.717, 1.165) is 54.8 Å². The highest BCUT2D eigenvalue weighted by atomic mass is 16.5. The standard InChI is InChI=1S/C24H27N5O3/c1-27-9-11-28(12-10-27)20-6-4-5-17-16(20)7-8-29(24(17)30)21-15-25-26-19-14-23(32-3)22(31-2)13-18(19)21/h4-6,13-15H,7-12H2,1-3H3. The highest BCUT2D eigenvalue weighted by Crippen LogP contribution is 2.37. The molecule has 0 aliphatic carbocycles. The van der Waals surface area contributed by atoms with Crippen LogP contribution in [0.4, 0.5) is 11.4 Å².